The Hall–Kier alpha value is -4.35. The number of H-pyrrole nitrogens is 1. The van der Waals surface area contributed by atoms with E-state index >= 15 is 0 Å². The third-order valence-corrected chi connectivity index (χ3v) is 6.89. The van der Waals surface area contributed by atoms with Crippen molar-refractivity contribution in [2.24, 2.45) is 11.8 Å². The molecule has 1 fully saturated rings. The lowest BCUT2D eigenvalue weighted by Gasteiger charge is -2.44. The molecule has 12 nitrogen and oxygen atoms in total. The molecule has 0 radical (unpaired) electrons. The average molecular weight is 508 g/mol. The van der Waals surface area contributed by atoms with E-state index in [0.29, 0.717) is 36.1 Å². The van der Waals surface area contributed by atoms with Gasteiger partial charge in [-0.05, 0) is 18.8 Å². The Morgan fingerprint density at radius 1 is 1.05 bits per heavy atom. The number of ether oxygens (including phenoxy) is 2. The van der Waals surface area contributed by atoms with Crippen LogP contribution in [0.4, 0.5) is 5.95 Å². The molecule has 12 heteroatoms. The van der Waals surface area contributed by atoms with E-state index in [1.165, 1.54) is 0 Å². The van der Waals surface area contributed by atoms with Gasteiger partial charge in [-0.25, -0.2) is 14.6 Å². The third-order valence-electron chi connectivity index (χ3n) is 6.89. The number of allylic oxidation sites excluding steroid dienone is 2. The van der Waals surface area contributed by atoms with E-state index in [1.807, 2.05) is 38.6 Å². The van der Waals surface area contributed by atoms with E-state index in [-0.39, 0.29) is 48.5 Å². The molecular formula is C25H29N7O5. The molecule has 3 N–H and O–H groups in total. The Bertz CT molecular complexity index is 1400. The van der Waals surface area contributed by atoms with Crippen molar-refractivity contribution in [1.82, 2.24) is 29.3 Å². The second-order valence-corrected chi connectivity index (χ2v) is 9.52. The third kappa shape index (κ3) is 4.99. The summed E-state index contributed by atoms with van der Waals surface area (Å²) in [7, 11) is 3.69. The standard InChI is InChI=1S/C25H29N7O5/c1-30-7-3-5-15(10-30)23(34)36-12-17-9-19(32-14-27-20-21(32)28-25(26)29-22(20)33)18(17)13-37-24(35)16-6-4-8-31(2)11-16/h3-4,7-8,10-11,14,17-19H,5-6,9,12-13H2,1-2H3,(H3,26,28,29,33). The van der Waals surface area contributed by atoms with Gasteiger partial charge in [-0.15, -0.1) is 0 Å². The van der Waals surface area contributed by atoms with Crippen molar-refractivity contribution < 1.29 is 19.1 Å². The molecule has 4 heterocycles. The molecule has 2 aromatic heterocycles. The zero-order valence-electron chi connectivity index (χ0n) is 20.7. The molecule has 0 saturated heterocycles. The van der Waals surface area contributed by atoms with E-state index in [1.54, 1.807) is 33.1 Å². The maximum atomic E-state index is 12.7. The molecule has 3 aliphatic rings. The summed E-state index contributed by atoms with van der Waals surface area (Å²) in [5, 5.41) is 0. The number of esters is 2. The molecule has 194 valence electrons. The second-order valence-electron chi connectivity index (χ2n) is 9.52. The molecule has 0 amide bonds. The number of anilines is 1. The molecule has 2 aromatic rings. The van der Waals surface area contributed by atoms with Gasteiger partial charge in [0.1, 0.15) is 0 Å². The summed E-state index contributed by atoms with van der Waals surface area (Å²) in [5.74, 6) is -1.01. The predicted molar refractivity (Wildman–Crippen MR) is 134 cm³/mol. The van der Waals surface area contributed by atoms with Crippen LogP contribution in [-0.4, -0.2) is 68.6 Å². The van der Waals surface area contributed by atoms with Crippen LogP contribution < -0.4 is 11.3 Å². The fourth-order valence-corrected chi connectivity index (χ4v) is 4.91. The normalized spacial score (nSPS) is 22.9. The highest BCUT2D eigenvalue weighted by Gasteiger charge is 2.44. The van der Waals surface area contributed by atoms with Crippen LogP contribution in [0.15, 0.2) is 59.2 Å². The summed E-state index contributed by atoms with van der Waals surface area (Å²) in [6.45, 7) is 0.294. The van der Waals surface area contributed by atoms with Crippen LogP contribution >= 0.6 is 0 Å². The van der Waals surface area contributed by atoms with E-state index < -0.39 is 11.5 Å². The molecule has 3 atom stereocenters. The van der Waals surface area contributed by atoms with Gasteiger partial charge in [0.15, 0.2) is 11.2 Å². The van der Waals surface area contributed by atoms with Gasteiger partial charge in [-0.3, -0.25) is 9.78 Å². The summed E-state index contributed by atoms with van der Waals surface area (Å²) < 4.78 is 13.1. The molecule has 2 aliphatic heterocycles. The van der Waals surface area contributed by atoms with Gasteiger partial charge in [0.05, 0.1) is 30.7 Å². The van der Waals surface area contributed by atoms with Gasteiger partial charge in [-0.2, -0.15) is 4.98 Å². The Balaban J connectivity index is 1.32. The van der Waals surface area contributed by atoms with E-state index in [2.05, 4.69) is 15.0 Å². The highest BCUT2D eigenvalue weighted by molar-refractivity contribution is 5.89. The minimum atomic E-state index is -0.421. The topological polar surface area (TPSA) is 149 Å². The number of fused-ring (bicyclic) bond motifs is 1. The smallest absolute Gasteiger partial charge is 0.335 e. The number of rotatable bonds is 7. The highest BCUT2D eigenvalue weighted by atomic mass is 16.5. The van der Waals surface area contributed by atoms with E-state index in [0.717, 1.165) is 0 Å². The number of nitrogens with one attached hydrogen (secondary N) is 1. The molecule has 3 unspecified atom stereocenters. The predicted octanol–water partition coefficient (Wildman–Crippen LogP) is 1.43. The highest BCUT2D eigenvalue weighted by Crippen LogP contribution is 2.45. The molecule has 1 aliphatic carbocycles. The summed E-state index contributed by atoms with van der Waals surface area (Å²) >= 11 is 0. The molecular weight excluding hydrogens is 478 g/mol. The molecule has 0 aromatic carbocycles. The number of hydrogen-bond donors (Lipinski definition) is 2. The first kappa shape index (κ1) is 24.3. The lowest BCUT2D eigenvalue weighted by atomic mass is 9.69. The number of aromatic nitrogens is 4. The number of nitrogens with two attached hydrogens (primary N) is 1. The average Bonchev–Trinajstić information content (AvgIpc) is 3.26. The number of nitrogens with zero attached hydrogens (tertiary/aromatic N) is 5. The van der Waals surface area contributed by atoms with Gasteiger partial charge in [0, 0.05) is 57.2 Å². The largest absolute Gasteiger partial charge is 0.462 e. The fraction of sp³-hybridized carbons (Fsp3) is 0.400. The SMILES string of the molecule is CN1C=CCC(C(=O)OCC2CC(n3cnc4c(=O)[nH]c(N)nc43)C2COC(=O)C2=CN(C)C=CC2)=C1. The summed E-state index contributed by atoms with van der Waals surface area (Å²) in [4.78, 5) is 52.1. The number of aromatic amines is 1. The monoisotopic (exact) mass is 507 g/mol. The van der Waals surface area contributed by atoms with E-state index in [4.69, 9.17) is 15.2 Å². The number of hydrogen-bond acceptors (Lipinski definition) is 10. The van der Waals surface area contributed by atoms with Crippen molar-refractivity contribution in [3.8, 4) is 0 Å². The number of nitrogen functional groups attached to an aromatic ring is 1. The van der Waals surface area contributed by atoms with Gasteiger partial charge in [0.2, 0.25) is 5.95 Å². The minimum absolute atomic E-state index is 0.00628. The van der Waals surface area contributed by atoms with E-state index in [9.17, 15) is 14.4 Å². The van der Waals surface area contributed by atoms with Crippen LogP contribution in [0.2, 0.25) is 0 Å². The molecule has 5 rings (SSSR count). The first-order valence-corrected chi connectivity index (χ1v) is 12.1. The number of carbonyl (C=O) groups is 2. The molecule has 0 spiro atoms. The Morgan fingerprint density at radius 2 is 1.68 bits per heavy atom. The van der Waals surface area contributed by atoms with Gasteiger partial charge >= 0.3 is 11.9 Å². The van der Waals surface area contributed by atoms with Crippen LogP contribution in [-0.2, 0) is 19.1 Å². The maximum absolute atomic E-state index is 12.7. The van der Waals surface area contributed by atoms with Crippen molar-refractivity contribution in [3.05, 3.63) is 64.8 Å². The van der Waals surface area contributed by atoms with Crippen molar-refractivity contribution in [1.29, 1.82) is 0 Å². The lowest BCUT2D eigenvalue weighted by molar-refractivity contribution is -0.150. The number of carbonyl (C=O) groups excluding carboxylic acids is 2. The fourth-order valence-electron chi connectivity index (χ4n) is 4.91. The zero-order valence-corrected chi connectivity index (χ0v) is 20.7. The first-order chi connectivity index (χ1) is 17.8. The van der Waals surface area contributed by atoms with Crippen LogP contribution in [0.5, 0.6) is 0 Å². The van der Waals surface area contributed by atoms with Crippen LogP contribution in [0.1, 0.15) is 25.3 Å². The zero-order chi connectivity index (χ0) is 26.1. The minimum Gasteiger partial charge on any atom is -0.462 e. The lowest BCUT2D eigenvalue weighted by Crippen LogP contribution is -2.44. The molecule has 1 saturated carbocycles. The second kappa shape index (κ2) is 9.96. The molecule has 37 heavy (non-hydrogen) atoms. The summed E-state index contributed by atoms with van der Waals surface area (Å²) in [6.07, 6.45) is 14.2. The van der Waals surface area contributed by atoms with Crippen molar-refractivity contribution in [3.63, 3.8) is 0 Å². The van der Waals surface area contributed by atoms with Crippen molar-refractivity contribution in [2.75, 3.05) is 33.0 Å². The van der Waals surface area contributed by atoms with Gasteiger partial charge in [0.25, 0.3) is 5.56 Å². The first-order valence-electron chi connectivity index (χ1n) is 12.1. The van der Waals surface area contributed by atoms with Crippen LogP contribution in [0.25, 0.3) is 11.2 Å². The van der Waals surface area contributed by atoms with Gasteiger partial charge in [-0.1, -0.05) is 12.2 Å². The van der Waals surface area contributed by atoms with Gasteiger partial charge < -0.3 is 29.6 Å². The number of imidazole rings is 1. The summed E-state index contributed by atoms with van der Waals surface area (Å²) in [6, 6.07) is -0.166. The Labute approximate surface area is 212 Å². The van der Waals surface area contributed by atoms with Crippen LogP contribution in [0, 0.1) is 11.8 Å². The van der Waals surface area contributed by atoms with Crippen molar-refractivity contribution in [2.45, 2.75) is 25.3 Å². The maximum Gasteiger partial charge on any atom is 0.335 e. The Kier molecular flexibility index (Phi) is 6.55. The summed E-state index contributed by atoms with van der Waals surface area (Å²) in [5.41, 5.74) is 7.02. The quantitative estimate of drug-likeness (QED) is 0.527. The molecule has 0 bridgehead atoms. The van der Waals surface area contributed by atoms with Crippen LogP contribution in [0.3, 0.4) is 0 Å². The Morgan fingerprint density at radius 3 is 2.30 bits per heavy atom. The van der Waals surface area contributed by atoms with Crippen molar-refractivity contribution >= 4 is 29.1 Å².